The third-order valence-electron chi connectivity index (χ3n) is 0.884. The molecule has 0 bridgehead atoms. The Kier molecular flexibility index (Phi) is 4.54. The van der Waals surface area contributed by atoms with Crippen molar-refractivity contribution in [1.29, 1.82) is 5.41 Å². The minimum atomic E-state index is 0. The SMILES string of the molecule is CSc1nn(C)c(=N)s1.I. The highest BCUT2D eigenvalue weighted by Crippen LogP contribution is 2.11. The van der Waals surface area contributed by atoms with E-state index in [1.165, 1.54) is 11.3 Å². The molecule has 0 aliphatic carbocycles. The molecule has 10 heavy (non-hydrogen) atoms. The van der Waals surface area contributed by atoms with Crippen molar-refractivity contribution in [3.8, 4) is 0 Å². The molecule has 0 aliphatic heterocycles. The summed E-state index contributed by atoms with van der Waals surface area (Å²) in [5.74, 6) is 0. The van der Waals surface area contributed by atoms with Crippen LogP contribution in [0, 0.1) is 5.41 Å². The highest BCUT2D eigenvalue weighted by molar-refractivity contribution is 14.0. The van der Waals surface area contributed by atoms with E-state index in [9.17, 15) is 0 Å². The van der Waals surface area contributed by atoms with E-state index in [1.807, 2.05) is 6.26 Å². The summed E-state index contributed by atoms with van der Waals surface area (Å²) in [6.45, 7) is 0. The second-order valence-electron chi connectivity index (χ2n) is 1.50. The summed E-state index contributed by atoms with van der Waals surface area (Å²) in [5.41, 5.74) is 0. The first-order valence-electron chi connectivity index (χ1n) is 2.37. The van der Waals surface area contributed by atoms with Gasteiger partial charge in [-0.15, -0.1) is 24.0 Å². The highest BCUT2D eigenvalue weighted by atomic mass is 127. The number of nitrogens with zero attached hydrogens (tertiary/aromatic N) is 2. The Labute approximate surface area is 84.4 Å². The molecule has 1 N–H and O–H groups in total. The van der Waals surface area contributed by atoms with Gasteiger partial charge < -0.3 is 0 Å². The van der Waals surface area contributed by atoms with Crippen LogP contribution in [0.5, 0.6) is 0 Å². The molecule has 0 saturated carbocycles. The topological polar surface area (TPSA) is 41.7 Å². The first kappa shape index (κ1) is 10.4. The molecule has 1 aromatic rings. The first-order chi connectivity index (χ1) is 4.24. The first-order valence-corrected chi connectivity index (χ1v) is 4.41. The van der Waals surface area contributed by atoms with Crippen molar-refractivity contribution in [1.82, 2.24) is 9.78 Å². The molecule has 1 heterocycles. The molecule has 0 radical (unpaired) electrons. The molecule has 1 rings (SSSR count). The van der Waals surface area contributed by atoms with Gasteiger partial charge >= 0.3 is 0 Å². The van der Waals surface area contributed by atoms with Crippen molar-refractivity contribution in [2.45, 2.75) is 4.34 Å². The zero-order valence-corrected chi connectivity index (χ0v) is 9.58. The van der Waals surface area contributed by atoms with E-state index in [-0.39, 0.29) is 24.0 Å². The van der Waals surface area contributed by atoms with Crippen LogP contribution in [0.25, 0.3) is 0 Å². The van der Waals surface area contributed by atoms with Gasteiger partial charge in [0.05, 0.1) is 0 Å². The largest absolute Gasteiger partial charge is 0.274 e. The van der Waals surface area contributed by atoms with Crippen LogP contribution in [-0.2, 0) is 7.05 Å². The number of aryl methyl sites for hydroxylation is 1. The molecule has 3 nitrogen and oxygen atoms in total. The van der Waals surface area contributed by atoms with E-state index in [0.29, 0.717) is 4.80 Å². The maximum absolute atomic E-state index is 7.25. The Hall–Kier alpha value is 0.440. The van der Waals surface area contributed by atoms with Crippen LogP contribution in [0.3, 0.4) is 0 Å². The maximum Gasteiger partial charge on any atom is 0.200 e. The number of hydrogen-bond donors (Lipinski definition) is 1. The molecule has 6 heteroatoms. The third-order valence-corrected chi connectivity index (χ3v) is 2.78. The summed E-state index contributed by atoms with van der Waals surface area (Å²) in [6.07, 6.45) is 1.96. The standard InChI is InChI=1S/C4H7N3S2.HI/c1-7-3(5)9-4(6-7)8-2;/h5H,1-2H3;1H. The number of halogens is 1. The zero-order valence-electron chi connectivity index (χ0n) is 5.62. The molecular formula is C4H8IN3S2. The van der Waals surface area contributed by atoms with Crippen molar-refractivity contribution in [3.63, 3.8) is 0 Å². The van der Waals surface area contributed by atoms with E-state index in [0.717, 1.165) is 4.34 Å². The maximum atomic E-state index is 7.25. The number of hydrogen-bond acceptors (Lipinski definition) is 4. The van der Waals surface area contributed by atoms with Crippen LogP contribution in [0.4, 0.5) is 0 Å². The number of nitrogens with one attached hydrogen (secondary N) is 1. The zero-order chi connectivity index (χ0) is 6.85. The molecule has 0 fully saturated rings. The van der Waals surface area contributed by atoms with Crippen LogP contribution in [0.1, 0.15) is 0 Å². The predicted molar refractivity (Wildman–Crippen MR) is 54.1 cm³/mol. The molecule has 58 valence electrons. The Bertz CT molecular complexity index is 253. The van der Waals surface area contributed by atoms with E-state index in [4.69, 9.17) is 5.41 Å². The Morgan fingerprint density at radius 1 is 1.70 bits per heavy atom. The second kappa shape index (κ2) is 4.35. The molecule has 0 aromatic carbocycles. The third kappa shape index (κ3) is 2.24. The Morgan fingerprint density at radius 3 is 2.50 bits per heavy atom. The van der Waals surface area contributed by atoms with Gasteiger partial charge in [0.25, 0.3) is 0 Å². The number of aromatic nitrogens is 2. The van der Waals surface area contributed by atoms with Gasteiger partial charge in [0.2, 0.25) is 4.80 Å². The Morgan fingerprint density at radius 2 is 2.30 bits per heavy atom. The summed E-state index contributed by atoms with van der Waals surface area (Å²) in [6, 6.07) is 0. The van der Waals surface area contributed by atoms with Gasteiger partial charge in [-0.3, -0.25) is 5.41 Å². The number of thioether (sulfide) groups is 1. The molecule has 0 spiro atoms. The van der Waals surface area contributed by atoms with Gasteiger partial charge in [0.15, 0.2) is 4.34 Å². The van der Waals surface area contributed by atoms with Gasteiger partial charge in [-0.1, -0.05) is 23.1 Å². The summed E-state index contributed by atoms with van der Waals surface area (Å²) < 4.78 is 2.51. The summed E-state index contributed by atoms with van der Waals surface area (Å²) in [4.78, 5) is 0.499. The monoisotopic (exact) mass is 289 g/mol. The van der Waals surface area contributed by atoms with Crippen LogP contribution in [-0.4, -0.2) is 16.0 Å². The fourth-order valence-corrected chi connectivity index (χ4v) is 1.70. The summed E-state index contributed by atoms with van der Waals surface area (Å²) in [7, 11) is 1.78. The Balaban J connectivity index is 0.000000810. The van der Waals surface area contributed by atoms with Crippen molar-refractivity contribution in [2.24, 2.45) is 7.05 Å². The van der Waals surface area contributed by atoms with E-state index >= 15 is 0 Å². The molecular weight excluding hydrogens is 281 g/mol. The lowest BCUT2D eigenvalue weighted by atomic mass is 11.2. The van der Waals surface area contributed by atoms with E-state index < -0.39 is 0 Å². The van der Waals surface area contributed by atoms with Gasteiger partial charge in [0, 0.05) is 7.05 Å². The number of rotatable bonds is 1. The highest BCUT2D eigenvalue weighted by Gasteiger charge is 1.95. The average Bonchev–Trinajstić information content (AvgIpc) is 2.13. The molecule has 0 saturated heterocycles. The van der Waals surface area contributed by atoms with Crippen LogP contribution < -0.4 is 4.80 Å². The summed E-state index contributed by atoms with van der Waals surface area (Å²) >= 11 is 2.97. The van der Waals surface area contributed by atoms with Crippen molar-refractivity contribution in [2.75, 3.05) is 6.26 Å². The fourth-order valence-electron chi connectivity index (χ4n) is 0.420. The molecule has 1 aromatic heterocycles. The fraction of sp³-hybridized carbons (Fsp3) is 0.500. The lowest BCUT2D eigenvalue weighted by Crippen LogP contribution is -2.08. The van der Waals surface area contributed by atoms with Crippen molar-refractivity contribution < 1.29 is 0 Å². The van der Waals surface area contributed by atoms with Gasteiger partial charge in [-0.25, -0.2) is 4.68 Å². The van der Waals surface area contributed by atoms with E-state index in [2.05, 4.69) is 5.10 Å². The molecule has 0 aliphatic rings. The average molecular weight is 289 g/mol. The minimum absolute atomic E-state index is 0. The van der Waals surface area contributed by atoms with Gasteiger partial charge in [0.1, 0.15) is 0 Å². The minimum Gasteiger partial charge on any atom is -0.274 e. The smallest absolute Gasteiger partial charge is 0.200 e. The summed E-state index contributed by atoms with van der Waals surface area (Å²) in [5, 5.41) is 11.3. The second-order valence-corrected chi connectivity index (χ2v) is 3.53. The van der Waals surface area contributed by atoms with Crippen molar-refractivity contribution >= 4 is 47.1 Å². The molecule has 0 amide bonds. The normalized spacial score (nSPS) is 9.00. The lowest BCUT2D eigenvalue weighted by molar-refractivity contribution is 0.696. The lowest BCUT2D eigenvalue weighted by Gasteiger charge is -1.81. The quantitative estimate of drug-likeness (QED) is 0.625. The van der Waals surface area contributed by atoms with Crippen molar-refractivity contribution in [3.05, 3.63) is 4.80 Å². The molecule has 0 unspecified atom stereocenters. The van der Waals surface area contributed by atoms with Crippen LogP contribution in [0.2, 0.25) is 0 Å². The van der Waals surface area contributed by atoms with Gasteiger partial charge in [-0.2, -0.15) is 5.10 Å². The van der Waals surface area contributed by atoms with Crippen LogP contribution in [0.15, 0.2) is 4.34 Å². The van der Waals surface area contributed by atoms with Gasteiger partial charge in [-0.05, 0) is 6.26 Å². The van der Waals surface area contributed by atoms with E-state index in [1.54, 1.807) is 23.5 Å². The van der Waals surface area contributed by atoms with Crippen LogP contribution >= 0.6 is 47.1 Å². The molecule has 0 atom stereocenters. The predicted octanol–water partition coefficient (Wildman–Crippen LogP) is 1.30.